The molecule has 0 aromatic rings. The average molecular weight is 399 g/mol. The third kappa shape index (κ3) is 6.54. The van der Waals surface area contributed by atoms with Gasteiger partial charge in [-0.15, -0.1) is 0 Å². The van der Waals surface area contributed by atoms with Gasteiger partial charge in [0.25, 0.3) is 0 Å². The summed E-state index contributed by atoms with van der Waals surface area (Å²) in [5.74, 6) is -2.98. The molecule has 0 aliphatic heterocycles. The van der Waals surface area contributed by atoms with E-state index in [0.29, 0.717) is 12.8 Å². The highest BCUT2D eigenvalue weighted by Gasteiger charge is 2.36. The molecular weight excluding hydrogens is 368 g/mol. The second-order valence-corrected chi connectivity index (χ2v) is 7.58. The standard InChI is InChI=1S/C19H31F2N5O2/c1-12(16(22)27)17(24-14-5-4-10-19(20,21)11-14)26-18(23-2)25-13-6-8-15(28-3)9-7-13/h13-15,24H,2,4-11H2,1,3H3,(H2,22,27)(H,25,26)/b17-12+/t13-,14-,15-/m0/s1. The fourth-order valence-electron chi connectivity index (χ4n) is 3.67. The van der Waals surface area contributed by atoms with Crippen molar-refractivity contribution in [1.82, 2.24) is 10.6 Å². The van der Waals surface area contributed by atoms with Gasteiger partial charge in [0.15, 0.2) is 0 Å². The zero-order valence-electron chi connectivity index (χ0n) is 16.6. The van der Waals surface area contributed by atoms with Crippen molar-refractivity contribution in [1.29, 1.82) is 0 Å². The molecule has 0 saturated heterocycles. The molecular formula is C19H31F2N5O2. The van der Waals surface area contributed by atoms with Crippen molar-refractivity contribution in [3.63, 3.8) is 0 Å². The van der Waals surface area contributed by atoms with Crippen molar-refractivity contribution in [2.75, 3.05) is 7.11 Å². The Morgan fingerprint density at radius 1 is 1.18 bits per heavy atom. The summed E-state index contributed by atoms with van der Waals surface area (Å²) in [4.78, 5) is 19.9. The lowest BCUT2D eigenvalue weighted by Crippen LogP contribution is -2.41. The van der Waals surface area contributed by atoms with Crippen molar-refractivity contribution in [2.45, 2.75) is 82.4 Å². The molecule has 0 heterocycles. The van der Waals surface area contributed by atoms with Crippen LogP contribution in [-0.2, 0) is 9.53 Å². The third-order valence-electron chi connectivity index (χ3n) is 5.41. The Hall–Kier alpha value is -2.03. The van der Waals surface area contributed by atoms with Gasteiger partial charge in [0.1, 0.15) is 5.82 Å². The van der Waals surface area contributed by atoms with Gasteiger partial charge in [-0.25, -0.2) is 13.8 Å². The number of guanidine groups is 1. The van der Waals surface area contributed by atoms with E-state index in [1.807, 2.05) is 0 Å². The molecule has 9 heteroatoms. The first-order valence-electron chi connectivity index (χ1n) is 9.74. The fourth-order valence-corrected chi connectivity index (χ4v) is 3.67. The Labute approximate surface area is 164 Å². The summed E-state index contributed by atoms with van der Waals surface area (Å²) in [5, 5.41) is 6.19. The molecule has 1 atom stereocenters. The van der Waals surface area contributed by atoms with Crippen LogP contribution in [0.4, 0.5) is 8.78 Å². The normalized spacial score (nSPS) is 28.9. The predicted molar refractivity (Wildman–Crippen MR) is 105 cm³/mol. The molecule has 2 fully saturated rings. The van der Waals surface area contributed by atoms with Crippen LogP contribution in [0.2, 0.25) is 0 Å². The smallest absolute Gasteiger partial charge is 0.250 e. The van der Waals surface area contributed by atoms with E-state index in [0.717, 1.165) is 25.7 Å². The van der Waals surface area contributed by atoms with E-state index < -0.39 is 17.9 Å². The molecule has 158 valence electrons. The van der Waals surface area contributed by atoms with E-state index in [2.05, 4.69) is 27.3 Å². The van der Waals surface area contributed by atoms with E-state index in [4.69, 9.17) is 10.5 Å². The summed E-state index contributed by atoms with van der Waals surface area (Å²) in [6.45, 7) is 5.04. The summed E-state index contributed by atoms with van der Waals surface area (Å²) in [6, 6.07) is -0.329. The summed E-state index contributed by atoms with van der Waals surface area (Å²) < 4.78 is 32.8. The third-order valence-corrected chi connectivity index (χ3v) is 5.41. The van der Waals surface area contributed by atoms with E-state index in [1.54, 1.807) is 7.11 Å². The highest BCUT2D eigenvalue weighted by atomic mass is 19.3. The molecule has 0 bridgehead atoms. The molecule has 28 heavy (non-hydrogen) atoms. The van der Waals surface area contributed by atoms with Crippen LogP contribution in [0.3, 0.4) is 0 Å². The average Bonchev–Trinajstić information content (AvgIpc) is 2.65. The Morgan fingerprint density at radius 3 is 2.39 bits per heavy atom. The van der Waals surface area contributed by atoms with Crippen LogP contribution in [0.25, 0.3) is 0 Å². The van der Waals surface area contributed by atoms with E-state index in [1.165, 1.54) is 6.92 Å². The number of primary amides is 1. The first-order chi connectivity index (χ1) is 13.2. The predicted octanol–water partition coefficient (Wildman–Crippen LogP) is 2.47. The SMILES string of the molecule is C=N/C(=N\C(N[C@H]1CCCC(F)(F)C1)=C(/C)C(N)=O)N[C@H]1CC[C@H](OC)CC1. The number of nitrogens with two attached hydrogens (primary N) is 1. The number of carbonyl (C=O) groups excluding carboxylic acids is 1. The van der Waals surface area contributed by atoms with Crippen molar-refractivity contribution in [3.8, 4) is 0 Å². The maximum atomic E-state index is 13.7. The maximum Gasteiger partial charge on any atom is 0.250 e. The largest absolute Gasteiger partial charge is 0.381 e. The molecule has 0 spiro atoms. The second kappa shape index (κ2) is 9.95. The first-order valence-corrected chi connectivity index (χ1v) is 9.74. The molecule has 4 N–H and O–H groups in total. The molecule has 0 aromatic heterocycles. The van der Waals surface area contributed by atoms with Crippen LogP contribution >= 0.6 is 0 Å². The van der Waals surface area contributed by atoms with Crippen LogP contribution in [-0.4, -0.2) is 49.8 Å². The van der Waals surface area contributed by atoms with Gasteiger partial charge in [-0.2, -0.15) is 4.99 Å². The van der Waals surface area contributed by atoms with Crippen LogP contribution in [0, 0.1) is 0 Å². The van der Waals surface area contributed by atoms with Crippen molar-refractivity contribution in [3.05, 3.63) is 11.4 Å². The van der Waals surface area contributed by atoms with Crippen molar-refractivity contribution >= 4 is 18.6 Å². The van der Waals surface area contributed by atoms with Gasteiger partial charge in [-0.05, 0) is 52.2 Å². The minimum Gasteiger partial charge on any atom is -0.381 e. The monoisotopic (exact) mass is 399 g/mol. The van der Waals surface area contributed by atoms with Gasteiger partial charge in [0.05, 0.1) is 11.7 Å². The lowest BCUT2D eigenvalue weighted by molar-refractivity contribution is -0.114. The Kier molecular flexibility index (Phi) is 7.91. The van der Waals surface area contributed by atoms with Gasteiger partial charge >= 0.3 is 0 Å². The minimum absolute atomic E-state index is 0.118. The minimum atomic E-state index is -2.72. The maximum absolute atomic E-state index is 13.7. The quantitative estimate of drug-likeness (QED) is 0.363. The number of nitrogens with one attached hydrogen (secondary N) is 2. The molecule has 1 amide bonds. The van der Waals surface area contributed by atoms with E-state index in [-0.39, 0.29) is 42.3 Å². The molecule has 2 saturated carbocycles. The molecule has 0 radical (unpaired) electrons. The first kappa shape index (κ1) is 22.3. The summed E-state index contributed by atoms with van der Waals surface area (Å²) in [5.41, 5.74) is 5.56. The lowest BCUT2D eigenvalue weighted by Gasteiger charge is -2.31. The van der Waals surface area contributed by atoms with Crippen LogP contribution in [0.5, 0.6) is 0 Å². The molecule has 2 rings (SSSR count). The number of amides is 1. The zero-order chi connectivity index (χ0) is 20.7. The topological polar surface area (TPSA) is 101 Å². The van der Waals surface area contributed by atoms with Crippen LogP contribution in [0.1, 0.15) is 58.3 Å². The Morgan fingerprint density at radius 2 is 1.86 bits per heavy atom. The molecule has 2 aliphatic carbocycles. The number of methoxy groups -OCH3 is 1. The number of rotatable bonds is 6. The number of aliphatic imine (C=N–C) groups is 2. The number of carbonyl (C=O) groups is 1. The zero-order valence-corrected chi connectivity index (χ0v) is 16.6. The second-order valence-electron chi connectivity index (χ2n) is 7.58. The van der Waals surface area contributed by atoms with Crippen LogP contribution < -0.4 is 16.4 Å². The lowest BCUT2D eigenvalue weighted by atomic mass is 9.92. The van der Waals surface area contributed by atoms with E-state index in [9.17, 15) is 13.6 Å². The van der Waals surface area contributed by atoms with E-state index >= 15 is 0 Å². The highest BCUT2D eigenvalue weighted by Crippen LogP contribution is 2.33. The number of ether oxygens (including phenoxy) is 1. The number of halogens is 2. The summed E-state index contributed by atoms with van der Waals surface area (Å²) in [6.07, 6.45) is 4.46. The number of hydrogen-bond acceptors (Lipinski definition) is 4. The van der Waals surface area contributed by atoms with Gasteiger partial charge in [-0.1, -0.05) is 0 Å². The summed E-state index contributed by atoms with van der Waals surface area (Å²) >= 11 is 0. The number of hydrogen-bond donors (Lipinski definition) is 3. The Balaban J connectivity index is 2.12. The number of nitrogens with zero attached hydrogens (tertiary/aromatic N) is 2. The molecule has 2 aliphatic rings. The molecule has 0 unspecified atom stereocenters. The number of alkyl halides is 2. The fraction of sp³-hybridized carbons (Fsp3) is 0.737. The summed E-state index contributed by atoms with van der Waals surface area (Å²) in [7, 11) is 1.71. The van der Waals surface area contributed by atoms with Crippen LogP contribution in [0.15, 0.2) is 21.4 Å². The van der Waals surface area contributed by atoms with Crippen molar-refractivity contribution < 1.29 is 18.3 Å². The molecule has 0 aromatic carbocycles. The Bertz CT molecular complexity index is 628. The van der Waals surface area contributed by atoms with Gasteiger partial charge in [0.2, 0.25) is 17.8 Å². The van der Waals surface area contributed by atoms with Crippen molar-refractivity contribution in [2.24, 2.45) is 15.7 Å². The molecule has 7 nitrogen and oxygen atoms in total. The van der Waals surface area contributed by atoms with Gasteiger partial charge in [0, 0.05) is 32.0 Å². The highest BCUT2D eigenvalue weighted by molar-refractivity contribution is 5.93. The van der Waals surface area contributed by atoms with Gasteiger partial charge < -0.3 is 21.1 Å². The van der Waals surface area contributed by atoms with Gasteiger partial charge in [-0.3, -0.25) is 4.79 Å².